The Labute approximate surface area is 165 Å². The fraction of sp³-hybridized carbons (Fsp3) is 0.400. The van der Waals surface area contributed by atoms with Crippen LogP contribution in [0, 0.1) is 17.7 Å². The maximum Gasteiger partial charge on any atom is 0.341 e. The standard InChI is InChI=1S/C20H21FN4O4/c1-23-9-29-19-16-11(18(26)13(20(27)28)8-25(16)23)5-14(21)17(19)24-6-10-3-2-4-15(22)12(10)7-24/h2,4-5,8,10,12,15H,3,6-7,9,22H2,1H3,(H,27,28). The van der Waals surface area contributed by atoms with E-state index in [1.165, 1.54) is 6.20 Å². The van der Waals surface area contributed by atoms with Gasteiger partial charge in [-0.05, 0) is 24.3 Å². The third-order valence-electron chi connectivity index (χ3n) is 6.25. The normalized spacial score (nSPS) is 25.3. The molecule has 0 saturated carbocycles. The average Bonchev–Trinajstić information content (AvgIpc) is 3.10. The Morgan fingerprint density at radius 2 is 2.17 bits per heavy atom. The predicted octanol–water partition coefficient (Wildman–Crippen LogP) is 1.10. The molecule has 2 aromatic rings. The first kappa shape index (κ1) is 18.0. The molecule has 1 aliphatic carbocycles. The fourth-order valence-electron chi connectivity index (χ4n) is 4.79. The predicted molar refractivity (Wildman–Crippen MR) is 106 cm³/mol. The van der Waals surface area contributed by atoms with E-state index in [-0.39, 0.29) is 29.8 Å². The van der Waals surface area contributed by atoms with Gasteiger partial charge in [0.2, 0.25) is 5.43 Å². The molecule has 1 saturated heterocycles. The van der Waals surface area contributed by atoms with Gasteiger partial charge in [-0.25, -0.2) is 9.18 Å². The number of nitrogens with zero attached hydrogens (tertiary/aromatic N) is 3. The molecule has 2 aliphatic heterocycles. The molecule has 1 fully saturated rings. The monoisotopic (exact) mass is 400 g/mol. The molecule has 3 atom stereocenters. The van der Waals surface area contributed by atoms with Crippen molar-refractivity contribution in [1.82, 2.24) is 4.68 Å². The summed E-state index contributed by atoms with van der Waals surface area (Å²) in [5.74, 6) is -1.11. The molecule has 9 heteroatoms. The zero-order chi connectivity index (χ0) is 20.4. The number of hydrogen-bond acceptors (Lipinski definition) is 6. The smallest absolute Gasteiger partial charge is 0.341 e. The molecule has 29 heavy (non-hydrogen) atoms. The summed E-state index contributed by atoms with van der Waals surface area (Å²) in [6.07, 6.45) is 6.24. The number of pyridine rings is 1. The number of nitrogens with two attached hydrogens (primary N) is 1. The van der Waals surface area contributed by atoms with Crippen molar-refractivity contribution >= 4 is 22.6 Å². The molecule has 152 valence electrons. The van der Waals surface area contributed by atoms with Crippen molar-refractivity contribution in [2.45, 2.75) is 12.5 Å². The zero-order valence-corrected chi connectivity index (χ0v) is 15.8. The van der Waals surface area contributed by atoms with Gasteiger partial charge >= 0.3 is 5.97 Å². The molecule has 0 radical (unpaired) electrons. The minimum atomic E-state index is -1.35. The van der Waals surface area contributed by atoms with E-state index in [2.05, 4.69) is 6.08 Å². The maximum atomic E-state index is 15.3. The lowest BCUT2D eigenvalue weighted by Crippen LogP contribution is -2.40. The lowest BCUT2D eigenvalue weighted by molar-refractivity contribution is 0.0694. The summed E-state index contributed by atoms with van der Waals surface area (Å²) in [5.41, 5.74) is 5.78. The Kier molecular flexibility index (Phi) is 3.86. The van der Waals surface area contributed by atoms with Crippen molar-refractivity contribution in [1.29, 1.82) is 0 Å². The Bertz CT molecular complexity index is 1130. The number of rotatable bonds is 2. The molecular formula is C20H21FN4O4. The fourth-order valence-corrected chi connectivity index (χ4v) is 4.79. The number of hydrogen-bond donors (Lipinski definition) is 2. The lowest BCUT2D eigenvalue weighted by Gasteiger charge is -2.33. The Morgan fingerprint density at radius 3 is 2.90 bits per heavy atom. The Hall–Kier alpha value is -3.07. The average molecular weight is 400 g/mol. The van der Waals surface area contributed by atoms with Gasteiger partial charge in [-0.15, -0.1) is 0 Å². The van der Waals surface area contributed by atoms with Gasteiger partial charge < -0.3 is 20.5 Å². The van der Waals surface area contributed by atoms with Crippen LogP contribution in [0.4, 0.5) is 10.1 Å². The molecular weight excluding hydrogens is 379 g/mol. The molecule has 0 bridgehead atoms. The van der Waals surface area contributed by atoms with Crippen molar-refractivity contribution in [3.05, 3.63) is 46.0 Å². The molecule has 3 N–H and O–H groups in total. The molecule has 3 unspecified atom stereocenters. The lowest BCUT2D eigenvalue weighted by atomic mass is 9.83. The first-order chi connectivity index (χ1) is 13.9. The van der Waals surface area contributed by atoms with Crippen molar-refractivity contribution in [2.75, 3.05) is 36.8 Å². The summed E-state index contributed by atoms with van der Waals surface area (Å²) in [6.45, 7) is 1.35. The third-order valence-corrected chi connectivity index (χ3v) is 6.25. The molecule has 1 aromatic carbocycles. The van der Waals surface area contributed by atoms with Crippen molar-refractivity contribution < 1.29 is 19.0 Å². The molecule has 8 nitrogen and oxygen atoms in total. The van der Waals surface area contributed by atoms with Crippen LogP contribution >= 0.6 is 0 Å². The van der Waals surface area contributed by atoms with E-state index in [9.17, 15) is 14.7 Å². The quantitative estimate of drug-likeness (QED) is 0.728. The first-order valence-electron chi connectivity index (χ1n) is 9.53. The van der Waals surface area contributed by atoms with Crippen LogP contribution in [0.25, 0.3) is 10.9 Å². The van der Waals surface area contributed by atoms with E-state index >= 15 is 4.39 Å². The van der Waals surface area contributed by atoms with Gasteiger partial charge in [0, 0.05) is 32.4 Å². The molecule has 0 amide bonds. The molecule has 1 aromatic heterocycles. The minimum Gasteiger partial charge on any atom is -0.477 e. The van der Waals surface area contributed by atoms with Gasteiger partial charge in [-0.3, -0.25) is 14.5 Å². The summed E-state index contributed by atoms with van der Waals surface area (Å²) in [6, 6.07) is 1.06. The second-order valence-electron chi connectivity index (χ2n) is 7.96. The van der Waals surface area contributed by atoms with Crippen LogP contribution in [0.2, 0.25) is 0 Å². The SMILES string of the molecule is CN1COc2c(N3CC4CC=CC(N)C4C3)c(F)cc3c(=O)c(C(=O)O)cn1c23. The highest BCUT2D eigenvalue weighted by molar-refractivity contribution is 5.97. The Morgan fingerprint density at radius 1 is 1.38 bits per heavy atom. The van der Waals surface area contributed by atoms with Crippen molar-refractivity contribution in [2.24, 2.45) is 17.6 Å². The summed E-state index contributed by atoms with van der Waals surface area (Å²) >= 11 is 0. The first-order valence-corrected chi connectivity index (χ1v) is 9.53. The van der Waals surface area contributed by atoms with E-state index < -0.39 is 22.8 Å². The number of carboxylic acids is 1. The number of aromatic carboxylic acids is 1. The number of halogens is 1. The summed E-state index contributed by atoms with van der Waals surface area (Å²) in [4.78, 5) is 26.1. The van der Waals surface area contributed by atoms with Crippen LogP contribution in [0.5, 0.6) is 5.75 Å². The molecule has 0 spiro atoms. The molecule has 5 rings (SSSR count). The van der Waals surface area contributed by atoms with Gasteiger partial charge in [-0.2, -0.15) is 0 Å². The largest absolute Gasteiger partial charge is 0.477 e. The highest BCUT2D eigenvalue weighted by Gasteiger charge is 2.40. The van der Waals surface area contributed by atoms with Gasteiger partial charge in [0.1, 0.15) is 16.8 Å². The number of allylic oxidation sites excluding steroid dienone is 1. The van der Waals surface area contributed by atoms with Crippen LogP contribution in [0.15, 0.2) is 29.2 Å². The Balaban J connectivity index is 1.71. The van der Waals surface area contributed by atoms with Crippen LogP contribution in [0.3, 0.4) is 0 Å². The molecule has 3 heterocycles. The van der Waals surface area contributed by atoms with Crippen LogP contribution in [0.1, 0.15) is 16.8 Å². The van der Waals surface area contributed by atoms with Gasteiger partial charge in [0.05, 0.1) is 5.39 Å². The van der Waals surface area contributed by atoms with E-state index in [1.54, 1.807) is 16.7 Å². The topological polar surface area (TPSA) is 101 Å². The summed E-state index contributed by atoms with van der Waals surface area (Å²) < 4.78 is 22.7. The van der Waals surface area contributed by atoms with E-state index in [4.69, 9.17) is 10.5 Å². The number of anilines is 1. The van der Waals surface area contributed by atoms with Crippen molar-refractivity contribution in [3.8, 4) is 5.75 Å². The van der Waals surface area contributed by atoms with Crippen molar-refractivity contribution in [3.63, 3.8) is 0 Å². The number of fused-ring (bicyclic) bond motifs is 1. The van der Waals surface area contributed by atoms with Crippen LogP contribution in [-0.4, -0.2) is 48.7 Å². The van der Waals surface area contributed by atoms with Gasteiger partial charge in [-0.1, -0.05) is 12.2 Å². The molecule has 3 aliphatic rings. The van der Waals surface area contributed by atoms with Crippen LogP contribution in [-0.2, 0) is 0 Å². The number of aromatic nitrogens is 1. The summed E-state index contributed by atoms with van der Waals surface area (Å²) in [5, 5.41) is 11.0. The number of benzene rings is 1. The van der Waals surface area contributed by atoms with Gasteiger partial charge in [0.15, 0.2) is 18.3 Å². The highest BCUT2D eigenvalue weighted by atomic mass is 19.1. The number of carbonyl (C=O) groups is 1. The minimum absolute atomic E-state index is 0.0114. The van der Waals surface area contributed by atoms with E-state index in [0.717, 1.165) is 12.5 Å². The maximum absolute atomic E-state index is 15.3. The second kappa shape index (κ2) is 6.21. The number of ether oxygens (including phenoxy) is 1. The summed E-state index contributed by atoms with van der Waals surface area (Å²) in [7, 11) is 1.70. The highest BCUT2D eigenvalue weighted by Crippen LogP contribution is 2.44. The van der Waals surface area contributed by atoms with Gasteiger partial charge in [0.25, 0.3) is 0 Å². The number of carboxylic acid groups (broad SMARTS) is 1. The van der Waals surface area contributed by atoms with E-state index in [0.29, 0.717) is 30.2 Å². The van der Waals surface area contributed by atoms with E-state index in [1.807, 2.05) is 11.0 Å². The zero-order valence-electron chi connectivity index (χ0n) is 15.8. The second-order valence-corrected chi connectivity index (χ2v) is 7.96. The third kappa shape index (κ3) is 2.53. The van der Waals surface area contributed by atoms with Crippen LogP contribution < -0.4 is 25.8 Å².